The molecule has 0 bridgehead atoms. The summed E-state index contributed by atoms with van der Waals surface area (Å²) in [6, 6.07) is 12.9. The van der Waals surface area contributed by atoms with Gasteiger partial charge in [-0.3, -0.25) is 9.59 Å². The monoisotopic (exact) mass is 342 g/mol. The number of ether oxygens (including phenoxy) is 2. The first-order valence-electron chi connectivity index (χ1n) is 8.34. The number of hydrogen-bond donors (Lipinski definition) is 0. The molecule has 0 saturated carbocycles. The number of carbonyl (C=O) groups excluding carboxylic acids is 1. The molecule has 1 amide bonds. The maximum absolute atomic E-state index is 12.8. The van der Waals surface area contributed by atoms with Gasteiger partial charge in [0.05, 0.1) is 25.3 Å². The van der Waals surface area contributed by atoms with Crippen LogP contribution in [0, 0.1) is 0 Å². The van der Waals surface area contributed by atoms with E-state index in [1.165, 1.54) is 10.6 Å². The minimum absolute atomic E-state index is 0.0876. The van der Waals surface area contributed by atoms with Crippen LogP contribution in [0.25, 0.3) is 0 Å². The van der Waals surface area contributed by atoms with Gasteiger partial charge in [0.15, 0.2) is 0 Å². The normalized spacial score (nSPS) is 17.5. The molecule has 1 aromatic heterocycles. The van der Waals surface area contributed by atoms with Gasteiger partial charge in [-0.15, -0.1) is 0 Å². The van der Waals surface area contributed by atoms with Crippen molar-refractivity contribution in [2.75, 3.05) is 33.4 Å². The van der Waals surface area contributed by atoms with Crippen molar-refractivity contribution >= 4 is 5.91 Å². The quantitative estimate of drug-likeness (QED) is 0.830. The molecule has 25 heavy (non-hydrogen) atoms. The van der Waals surface area contributed by atoms with Crippen LogP contribution < -0.4 is 5.56 Å². The lowest BCUT2D eigenvalue weighted by Crippen LogP contribution is -2.42. The van der Waals surface area contributed by atoms with E-state index < -0.39 is 0 Å². The van der Waals surface area contributed by atoms with Crippen LogP contribution in [0.3, 0.4) is 0 Å². The minimum Gasteiger partial charge on any atom is -0.383 e. The average molecular weight is 342 g/mol. The molecule has 1 aliphatic rings. The molecule has 2 heterocycles. The number of methoxy groups -OCH3 is 1. The van der Waals surface area contributed by atoms with Crippen molar-refractivity contribution < 1.29 is 14.3 Å². The highest BCUT2D eigenvalue weighted by atomic mass is 16.5. The predicted molar refractivity (Wildman–Crippen MR) is 93.6 cm³/mol. The summed E-state index contributed by atoms with van der Waals surface area (Å²) in [5.74, 6) is -0.0876. The van der Waals surface area contributed by atoms with Crippen LogP contribution in [-0.2, 0) is 16.0 Å². The molecule has 1 aliphatic heterocycles. The smallest absolute Gasteiger partial charge is 0.255 e. The number of pyridine rings is 1. The Labute approximate surface area is 146 Å². The van der Waals surface area contributed by atoms with Crippen LogP contribution in [0.15, 0.2) is 53.5 Å². The number of carbonyl (C=O) groups is 1. The lowest BCUT2D eigenvalue weighted by atomic mass is 10.1. The Morgan fingerprint density at radius 3 is 2.80 bits per heavy atom. The Hall–Kier alpha value is -2.44. The molecule has 2 aromatic rings. The standard InChI is InChI=1S/C19H22N2O4/c1-24-11-9-20-13-16(7-8-18(20)22)19(23)21-10-12-25-17(14-21)15-5-3-2-4-6-15/h2-8,13,17H,9-12,14H2,1H3/t17-/m0/s1. The fourth-order valence-electron chi connectivity index (χ4n) is 2.91. The summed E-state index contributed by atoms with van der Waals surface area (Å²) in [4.78, 5) is 26.5. The van der Waals surface area contributed by atoms with E-state index in [9.17, 15) is 9.59 Å². The number of benzene rings is 1. The first kappa shape index (κ1) is 17.4. The number of morpholine rings is 1. The maximum atomic E-state index is 12.8. The zero-order chi connectivity index (χ0) is 17.6. The van der Waals surface area contributed by atoms with Crippen molar-refractivity contribution in [2.24, 2.45) is 0 Å². The highest BCUT2D eigenvalue weighted by molar-refractivity contribution is 5.94. The molecule has 1 fully saturated rings. The van der Waals surface area contributed by atoms with E-state index in [0.717, 1.165) is 5.56 Å². The van der Waals surface area contributed by atoms with E-state index >= 15 is 0 Å². The van der Waals surface area contributed by atoms with Crippen molar-refractivity contribution in [3.8, 4) is 0 Å². The Bertz CT molecular complexity index is 772. The third-order valence-electron chi connectivity index (χ3n) is 4.29. The molecule has 0 unspecified atom stereocenters. The summed E-state index contributed by atoms with van der Waals surface area (Å²) in [6.07, 6.45) is 1.48. The second-order valence-electron chi connectivity index (χ2n) is 5.96. The van der Waals surface area contributed by atoms with Crippen LogP contribution in [0.5, 0.6) is 0 Å². The molecule has 0 radical (unpaired) electrons. The van der Waals surface area contributed by atoms with Gasteiger partial charge in [-0.2, -0.15) is 0 Å². The maximum Gasteiger partial charge on any atom is 0.255 e. The number of aromatic nitrogens is 1. The molecule has 132 valence electrons. The largest absolute Gasteiger partial charge is 0.383 e. The number of amides is 1. The van der Waals surface area contributed by atoms with Crippen molar-refractivity contribution in [1.82, 2.24) is 9.47 Å². The molecule has 1 saturated heterocycles. The zero-order valence-electron chi connectivity index (χ0n) is 14.3. The lowest BCUT2D eigenvalue weighted by molar-refractivity contribution is -0.0228. The Morgan fingerprint density at radius 1 is 1.24 bits per heavy atom. The summed E-state index contributed by atoms with van der Waals surface area (Å²) in [5, 5.41) is 0. The van der Waals surface area contributed by atoms with Crippen LogP contribution in [-0.4, -0.2) is 48.8 Å². The molecule has 0 aliphatic carbocycles. The Morgan fingerprint density at radius 2 is 2.04 bits per heavy atom. The number of rotatable bonds is 5. The molecule has 0 N–H and O–H groups in total. The number of nitrogens with zero attached hydrogens (tertiary/aromatic N) is 2. The summed E-state index contributed by atoms with van der Waals surface area (Å²) in [7, 11) is 1.58. The summed E-state index contributed by atoms with van der Waals surface area (Å²) >= 11 is 0. The van der Waals surface area contributed by atoms with Gasteiger partial charge in [0.1, 0.15) is 6.10 Å². The van der Waals surface area contributed by atoms with Gasteiger partial charge in [-0.25, -0.2) is 0 Å². The van der Waals surface area contributed by atoms with Crippen LogP contribution in [0.2, 0.25) is 0 Å². The molecule has 6 heteroatoms. The van der Waals surface area contributed by atoms with Crippen molar-refractivity contribution in [3.63, 3.8) is 0 Å². The Balaban J connectivity index is 1.75. The summed E-state index contributed by atoms with van der Waals surface area (Å²) in [5.41, 5.74) is 1.42. The first-order valence-corrected chi connectivity index (χ1v) is 8.34. The summed E-state index contributed by atoms with van der Waals surface area (Å²) < 4.78 is 12.3. The van der Waals surface area contributed by atoms with Gasteiger partial charge in [-0.05, 0) is 11.6 Å². The zero-order valence-corrected chi connectivity index (χ0v) is 14.3. The van der Waals surface area contributed by atoms with Crippen molar-refractivity contribution in [3.05, 3.63) is 70.1 Å². The predicted octanol–water partition coefficient (Wildman–Crippen LogP) is 1.71. The van der Waals surface area contributed by atoms with E-state index in [4.69, 9.17) is 9.47 Å². The molecule has 3 rings (SSSR count). The number of hydrogen-bond acceptors (Lipinski definition) is 4. The van der Waals surface area contributed by atoms with Crippen molar-refractivity contribution in [1.29, 1.82) is 0 Å². The molecule has 1 atom stereocenters. The van der Waals surface area contributed by atoms with Crippen molar-refractivity contribution in [2.45, 2.75) is 12.6 Å². The van der Waals surface area contributed by atoms with E-state index in [2.05, 4.69) is 0 Å². The Kier molecular flexibility index (Phi) is 5.63. The molecule has 1 aromatic carbocycles. The average Bonchev–Trinajstić information content (AvgIpc) is 2.67. The first-order chi connectivity index (χ1) is 12.2. The van der Waals surface area contributed by atoms with E-state index in [-0.39, 0.29) is 17.6 Å². The van der Waals surface area contributed by atoms with Gasteiger partial charge in [0, 0.05) is 32.5 Å². The second-order valence-corrected chi connectivity index (χ2v) is 5.96. The topological polar surface area (TPSA) is 60.8 Å². The third-order valence-corrected chi connectivity index (χ3v) is 4.29. The summed E-state index contributed by atoms with van der Waals surface area (Å²) in [6.45, 7) is 2.38. The third kappa shape index (κ3) is 4.15. The highest BCUT2D eigenvalue weighted by Gasteiger charge is 2.26. The SMILES string of the molecule is COCCn1cc(C(=O)N2CCO[C@H](c3ccccc3)C2)ccc1=O. The fraction of sp³-hybridized carbons (Fsp3) is 0.368. The van der Waals surface area contributed by atoms with E-state index in [1.54, 1.807) is 24.3 Å². The van der Waals surface area contributed by atoms with E-state index in [1.807, 2.05) is 30.3 Å². The van der Waals surface area contributed by atoms with Gasteiger partial charge in [0.25, 0.3) is 11.5 Å². The highest BCUT2D eigenvalue weighted by Crippen LogP contribution is 2.22. The second kappa shape index (κ2) is 8.09. The molecular weight excluding hydrogens is 320 g/mol. The molecular formula is C19H22N2O4. The van der Waals surface area contributed by atoms with Crippen LogP contribution in [0.1, 0.15) is 22.0 Å². The van der Waals surface area contributed by atoms with Gasteiger partial charge < -0.3 is 18.9 Å². The van der Waals surface area contributed by atoms with Crippen LogP contribution >= 0.6 is 0 Å². The minimum atomic E-state index is -0.141. The van der Waals surface area contributed by atoms with Gasteiger partial charge in [-0.1, -0.05) is 30.3 Å². The fourth-order valence-corrected chi connectivity index (χ4v) is 2.91. The lowest BCUT2D eigenvalue weighted by Gasteiger charge is -2.33. The molecule has 0 spiro atoms. The molecule has 6 nitrogen and oxygen atoms in total. The van der Waals surface area contributed by atoms with Gasteiger partial charge >= 0.3 is 0 Å². The van der Waals surface area contributed by atoms with E-state index in [0.29, 0.717) is 38.4 Å². The van der Waals surface area contributed by atoms with Gasteiger partial charge in [0.2, 0.25) is 0 Å². The van der Waals surface area contributed by atoms with Crippen LogP contribution in [0.4, 0.5) is 0 Å².